The molecule has 0 saturated carbocycles. The summed E-state index contributed by atoms with van der Waals surface area (Å²) < 4.78 is 12.3. The summed E-state index contributed by atoms with van der Waals surface area (Å²) in [6, 6.07) is 6.61. The Balaban J connectivity index is 1.94. The molecule has 3 N–H and O–H groups in total. The molecule has 0 radical (unpaired) electrons. The molecule has 0 aliphatic carbocycles. The van der Waals surface area contributed by atoms with Crippen molar-refractivity contribution < 1.29 is 24.8 Å². The Morgan fingerprint density at radius 3 is 2.72 bits per heavy atom. The summed E-state index contributed by atoms with van der Waals surface area (Å²) in [6.07, 6.45) is 0.519. The number of thioether (sulfide) groups is 1. The number of aromatic nitrogens is 3. The number of hydrogen-bond acceptors (Lipinski definition) is 8. The lowest BCUT2D eigenvalue weighted by Gasteiger charge is -2.41. The Hall–Kier alpha value is -1.65. The summed E-state index contributed by atoms with van der Waals surface area (Å²) in [5.41, 5.74) is 0.737. The van der Waals surface area contributed by atoms with Crippen LogP contribution >= 0.6 is 11.8 Å². The van der Waals surface area contributed by atoms with E-state index in [0.717, 1.165) is 5.56 Å². The molecule has 2 aromatic rings. The fourth-order valence-electron chi connectivity index (χ4n) is 2.98. The molecule has 1 fully saturated rings. The van der Waals surface area contributed by atoms with Crippen molar-refractivity contribution in [1.29, 1.82) is 0 Å². The van der Waals surface area contributed by atoms with Gasteiger partial charge >= 0.3 is 0 Å². The summed E-state index contributed by atoms with van der Waals surface area (Å²) in [6.45, 7) is -0.352. The van der Waals surface area contributed by atoms with Crippen LogP contribution in [0.15, 0.2) is 30.5 Å². The van der Waals surface area contributed by atoms with E-state index in [4.69, 9.17) is 9.47 Å². The molecule has 25 heavy (non-hydrogen) atoms. The maximum Gasteiger partial charge on any atom is 0.131 e. The van der Waals surface area contributed by atoms with Gasteiger partial charge in [0.2, 0.25) is 0 Å². The molecule has 1 aliphatic rings. The Morgan fingerprint density at radius 2 is 2.04 bits per heavy atom. The van der Waals surface area contributed by atoms with Crippen LogP contribution in [0, 0.1) is 0 Å². The van der Waals surface area contributed by atoms with Crippen molar-refractivity contribution in [3.63, 3.8) is 0 Å². The first-order chi connectivity index (χ1) is 12.1. The van der Waals surface area contributed by atoms with Gasteiger partial charge in [-0.15, -0.1) is 16.9 Å². The highest BCUT2D eigenvalue weighted by Gasteiger charge is 2.45. The van der Waals surface area contributed by atoms with E-state index in [1.165, 1.54) is 16.4 Å². The van der Waals surface area contributed by atoms with Crippen LogP contribution in [0.4, 0.5) is 0 Å². The number of rotatable bonds is 5. The molecule has 1 saturated heterocycles. The van der Waals surface area contributed by atoms with Crippen LogP contribution in [-0.4, -0.2) is 74.0 Å². The maximum absolute atomic E-state index is 10.5. The van der Waals surface area contributed by atoms with Crippen molar-refractivity contribution >= 4 is 11.8 Å². The number of benzene rings is 1. The molecule has 136 valence electrons. The third kappa shape index (κ3) is 3.38. The number of methoxy groups -OCH3 is 1. The summed E-state index contributed by atoms with van der Waals surface area (Å²) >= 11 is 1.31. The van der Waals surface area contributed by atoms with Crippen molar-refractivity contribution in [2.24, 2.45) is 0 Å². The fraction of sp³-hybridized carbons (Fsp3) is 0.500. The Kier molecular flexibility index (Phi) is 5.60. The van der Waals surface area contributed by atoms with Crippen molar-refractivity contribution in [3.8, 4) is 17.0 Å². The fourth-order valence-corrected chi connectivity index (χ4v) is 3.67. The lowest BCUT2D eigenvalue weighted by molar-refractivity contribution is -0.178. The van der Waals surface area contributed by atoms with Crippen LogP contribution in [0.1, 0.15) is 6.04 Å². The highest BCUT2D eigenvalue weighted by Crippen LogP contribution is 2.35. The predicted octanol–water partition coefficient (Wildman–Crippen LogP) is 0.297. The second-order valence-electron chi connectivity index (χ2n) is 5.72. The SMILES string of the molecule is COc1ccccc1-c1cn([C@H]2[C@@H](O)[C@@H](CO)O[C@@H](SC)[C@@H]2O)nn1. The number of aliphatic hydroxyl groups excluding tert-OH is 3. The van der Waals surface area contributed by atoms with E-state index >= 15 is 0 Å². The normalized spacial score (nSPS) is 29.6. The second-order valence-corrected chi connectivity index (χ2v) is 6.65. The van der Waals surface area contributed by atoms with Gasteiger partial charge in [0.05, 0.1) is 19.9 Å². The van der Waals surface area contributed by atoms with Crippen LogP contribution < -0.4 is 4.74 Å². The van der Waals surface area contributed by atoms with Crippen LogP contribution in [0.25, 0.3) is 11.3 Å². The number of para-hydroxylation sites is 1. The van der Waals surface area contributed by atoms with Crippen molar-refractivity contribution in [3.05, 3.63) is 30.5 Å². The topological polar surface area (TPSA) is 110 Å². The smallest absolute Gasteiger partial charge is 0.131 e. The molecule has 1 aromatic carbocycles. The van der Waals surface area contributed by atoms with Crippen LogP contribution in [0.3, 0.4) is 0 Å². The molecule has 5 atom stereocenters. The van der Waals surface area contributed by atoms with E-state index in [9.17, 15) is 15.3 Å². The molecule has 0 amide bonds. The zero-order valence-corrected chi connectivity index (χ0v) is 14.7. The quantitative estimate of drug-likeness (QED) is 0.692. The number of ether oxygens (including phenoxy) is 2. The second kappa shape index (κ2) is 7.71. The molecule has 2 heterocycles. The summed E-state index contributed by atoms with van der Waals surface area (Å²) in [7, 11) is 1.57. The predicted molar refractivity (Wildman–Crippen MR) is 92.3 cm³/mol. The van der Waals surface area contributed by atoms with E-state index in [1.807, 2.05) is 24.3 Å². The van der Waals surface area contributed by atoms with E-state index < -0.39 is 29.8 Å². The molecule has 1 aromatic heterocycles. The van der Waals surface area contributed by atoms with Gasteiger partial charge < -0.3 is 24.8 Å². The molecule has 9 heteroatoms. The summed E-state index contributed by atoms with van der Waals surface area (Å²) in [5.74, 6) is 0.651. The average Bonchev–Trinajstić information content (AvgIpc) is 3.11. The summed E-state index contributed by atoms with van der Waals surface area (Å²) in [5, 5.41) is 38.7. The maximum atomic E-state index is 10.5. The average molecular weight is 367 g/mol. The van der Waals surface area contributed by atoms with Gasteiger partial charge in [0.25, 0.3) is 0 Å². The number of aliphatic hydroxyl groups is 3. The molecular formula is C16H21N3O5S. The van der Waals surface area contributed by atoms with Crippen molar-refractivity contribution in [1.82, 2.24) is 15.0 Å². The van der Waals surface area contributed by atoms with Gasteiger partial charge in [0.15, 0.2) is 0 Å². The standard InChI is InChI=1S/C16H21N3O5S/c1-23-11-6-4-3-5-9(11)10-7-19(18-17-10)13-14(21)12(8-20)24-16(25-2)15(13)22/h3-7,12-16,20-22H,8H2,1-2H3/t12-,13+,14+,15-,16+/m1/s1. The van der Waals surface area contributed by atoms with Gasteiger partial charge in [-0.2, -0.15) is 0 Å². The van der Waals surface area contributed by atoms with Gasteiger partial charge in [-0.3, -0.25) is 0 Å². The van der Waals surface area contributed by atoms with E-state index in [2.05, 4.69) is 10.3 Å². The van der Waals surface area contributed by atoms with E-state index in [-0.39, 0.29) is 6.61 Å². The van der Waals surface area contributed by atoms with Gasteiger partial charge in [-0.05, 0) is 18.4 Å². The Morgan fingerprint density at radius 1 is 1.28 bits per heavy atom. The number of nitrogens with zero attached hydrogens (tertiary/aromatic N) is 3. The molecule has 8 nitrogen and oxygen atoms in total. The lowest BCUT2D eigenvalue weighted by Crippen LogP contribution is -2.54. The minimum atomic E-state index is -1.12. The zero-order valence-electron chi connectivity index (χ0n) is 13.9. The van der Waals surface area contributed by atoms with Gasteiger partial charge in [0, 0.05) is 5.56 Å². The van der Waals surface area contributed by atoms with Gasteiger partial charge in [-0.1, -0.05) is 17.3 Å². The summed E-state index contributed by atoms with van der Waals surface area (Å²) in [4.78, 5) is 0. The first-order valence-corrected chi connectivity index (χ1v) is 9.10. The largest absolute Gasteiger partial charge is 0.496 e. The zero-order chi connectivity index (χ0) is 18.0. The molecule has 3 rings (SSSR count). The Labute approximate surface area is 149 Å². The minimum Gasteiger partial charge on any atom is -0.496 e. The molecule has 0 unspecified atom stereocenters. The van der Waals surface area contributed by atoms with E-state index in [0.29, 0.717) is 11.4 Å². The Bertz CT molecular complexity index is 697. The van der Waals surface area contributed by atoms with Crippen molar-refractivity contribution in [2.75, 3.05) is 20.0 Å². The van der Waals surface area contributed by atoms with E-state index in [1.54, 1.807) is 19.6 Å². The number of hydrogen-bond donors (Lipinski definition) is 3. The minimum absolute atomic E-state index is 0.352. The van der Waals surface area contributed by atoms with Gasteiger partial charge in [0.1, 0.15) is 41.2 Å². The third-order valence-electron chi connectivity index (χ3n) is 4.28. The van der Waals surface area contributed by atoms with Crippen molar-refractivity contribution in [2.45, 2.75) is 29.8 Å². The lowest BCUT2D eigenvalue weighted by atomic mass is 9.97. The molecule has 1 aliphatic heterocycles. The first kappa shape index (κ1) is 18.2. The highest BCUT2D eigenvalue weighted by atomic mass is 32.2. The molecular weight excluding hydrogens is 346 g/mol. The van der Waals surface area contributed by atoms with Gasteiger partial charge in [-0.25, -0.2) is 4.68 Å². The van der Waals surface area contributed by atoms with Crippen LogP contribution in [0.5, 0.6) is 5.75 Å². The monoisotopic (exact) mass is 367 g/mol. The molecule has 0 bridgehead atoms. The molecule has 0 spiro atoms. The van der Waals surface area contributed by atoms with Crippen LogP contribution in [0.2, 0.25) is 0 Å². The highest BCUT2D eigenvalue weighted by molar-refractivity contribution is 7.99. The van der Waals surface area contributed by atoms with Crippen LogP contribution in [-0.2, 0) is 4.74 Å². The first-order valence-electron chi connectivity index (χ1n) is 7.81. The third-order valence-corrected chi connectivity index (χ3v) is 5.13.